The summed E-state index contributed by atoms with van der Waals surface area (Å²) in [5.41, 5.74) is 1.57. The van der Waals surface area contributed by atoms with E-state index in [1.54, 1.807) is 18.2 Å². The molecule has 0 aliphatic heterocycles. The number of unbranched alkanes of at least 4 members (excludes halogenated alkanes) is 1. The van der Waals surface area contributed by atoms with Crippen molar-refractivity contribution in [3.8, 4) is 5.69 Å². The van der Waals surface area contributed by atoms with Crippen molar-refractivity contribution in [3.05, 3.63) is 105 Å². The van der Waals surface area contributed by atoms with Gasteiger partial charge in [0.2, 0.25) is 5.91 Å². The average molecular weight is 594 g/mol. The fourth-order valence-corrected chi connectivity index (χ4v) is 5.13. The van der Waals surface area contributed by atoms with Gasteiger partial charge in [-0.05, 0) is 54.3 Å². The molecule has 0 aliphatic carbocycles. The fourth-order valence-electron chi connectivity index (χ4n) is 3.87. The lowest BCUT2D eigenvalue weighted by Crippen LogP contribution is -2.22. The highest BCUT2D eigenvalue weighted by atomic mass is 35.5. The Morgan fingerprint density at radius 1 is 0.897 bits per heavy atom. The Morgan fingerprint density at radius 3 is 2.41 bits per heavy atom. The largest absolute Gasteiger partial charge is 0.416 e. The van der Waals surface area contributed by atoms with E-state index in [1.165, 1.54) is 17.8 Å². The molecule has 204 valence electrons. The van der Waals surface area contributed by atoms with Crippen LogP contribution in [0, 0.1) is 0 Å². The minimum absolute atomic E-state index is 0.0501. The number of amides is 1. The highest BCUT2D eigenvalue weighted by molar-refractivity contribution is 7.99. The van der Waals surface area contributed by atoms with Crippen molar-refractivity contribution in [2.45, 2.75) is 43.6 Å². The Morgan fingerprint density at radius 2 is 1.67 bits per heavy atom. The van der Waals surface area contributed by atoms with Gasteiger partial charge in [-0.3, -0.25) is 9.36 Å². The Bertz CT molecular complexity index is 1410. The number of nitrogens with zero attached hydrogens (tertiary/aromatic N) is 3. The molecule has 0 saturated carbocycles. The van der Waals surface area contributed by atoms with Crippen LogP contribution >= 0.6 is 35.0 Å². The van der Waals surface area contributed by atoms with Crippen LogP contribution in [0.1, 0.15) is 41.8 Å². The van der Waals surface area contributed by atoms with E-state index in [9.17, 15) is 18.0 Å². The van der Waals surface area contributed by atoms with Crippen LogP contribution in [0.5, 0.6) is 0 Å². The summed E-state index contributed by atoms with van der Waals surface area (Å²) in [6, 6.07) is 20.3. The van der Waals surface area contributed by atoms with Gasteiger partial charge in [-0.25, -0.2) is 0 Å². The van der Waals surface area contributed by atoms with Crippen molar-refractivity contribution < 1.29 is 18.0 Å². The number of benzene rings is 3. The molecule has 3 aromatic carbocycles. The molecular formula is C28H25Cl2F3N4OS. The second kappa shape index (κ2) is 13.4. The molecule has 5 nitrogen and oxygen atoms in total. The van der Waals surface area contributed by atoms with Crippen LogP contribution in [-0.4, -0.2) is 26.4 Å². The molecule has 1 amide bonds. The molecule has 0 radical (unpaired) electrons. The summed E-state index contributed by atoms with van der Waals surface area (Å²) in [5.74, 6) is 1.25. The Kier molecular flexibility index (Phi) is 9.94. The molecule has 4 aromatic rings. The molecule has 11 heteroatoms. The quantitative estimate of drug-likeness (QED) is 0.143. The Balaban J connectivity index is 1.31. The molecule has 0 aliphatic rings. The third kappa shape index (κ3) is 8.24. The highest BCUT2D eigenvalue weighted by Crippen LogP contribution is 2.30. The lowest BCUT2D eigenvalue weighted by atomic mass is 10.1. The van der Waals surface area contributed by atoms with E-state index in [0.29, 0.717) is 39.4 Å². The second-order valence-electron chi connectivity index (χ2n) is 8.78. The molecule has 0 bridgehead atoms. The first kappa shape index (κ1) is 29.0. The van der Waals surface area contributed by atoms with Gasteiger partial charge in [0.25, 0.3) is 0 Å². The number of nitrogens with one attached hydrogen (secondary N) is 1. The maximum atomic E-state index is 12.9. The van der Waals surface area contributed by atoms with Crippen LogP contribution in [0.2, 0.25) is 10.0 Å². The molecule has 0 atom stereocenters. The molecule has 1 aromatic heterocycles. The van der Waals surface area contributed by atoms with E-state index in [4.69, 9.17) is 23.2 Å². The summed E-state index contributed by atoms with van der Waals surface area (Å²) in [6.07, 6.45) is -2.19. The number of alkyl halides is 3. The maximum Gasteiger partial charge on any atom is 0.416 e. The molecule has 1 heterocycles. The number of hydrogen-bond donors (Lipinski definition) is 1. The fraction of sp³-hybridized carbons (Fsp3) is 0.250. The monoisotopic (exact) mass is 592 g/mol. The van der Waals surface area contributed by atoms with Crippen LogP contribution in [-0.2, 0) is 23.9 Å². The zero-order chi connectivity index (χ0) is 27.8. The van der Waals surface area contributed by atoms with Crippen molar-refractivity contribution in [2.24, 2.45) is 0 Å². The van der Waals surface area contributed by atoms with E-state index < -0.39 is 11.7 Å². The Hall–Kier alpha value is -3.01. The first-order valence-corrected chi connectivity index (χ1v) is 13.9. The SMILES string of the molecule is O=C(CCCCSc1nnc(Cc2ccccc2)n1-c1ccc(Cl)c(Cl)c1)NCc1cccc(C(F)(F)F)c1. The molecule has 0 fully saturated rings. The highest BCUT2D eigenvalue weighted by Gasteiger charge is 2.30. The molecule has 0 saturated heterocycles. The smallest absolute Gasteiger partial charge is 0.352 e. The third-order valence-corrected chi connectivity index (χ3v) is 7.59. The maximum absolute atomic E-state index is 12.9. The van der Waals surface area contributed by atoms with E-state index >= 15 is 0 Å². The van der Waals surface area contributed by atoms with E-state index in [1.807, 2.05) is 41.0 Å². The normalized spacial score (nSPS) is 11.5. The number of carbonyl (C=O) groups is 1. The first-order valence-electron chi connectivity index (χ1n) is 12.2. The van der Waals surface area contributed by atoms with Gasteiger partial charge in [0.15, 0.2) is 5.16 Å². The first-order chi connectivity index (χ1) is 18.7. The van der Waals surface area contributed by atoms with Gasteiger partial charge in [0, 0.05) is 25.1 Å². The van der Waals surface area contributed by atoms with Gasteiger partial charge in [0.1, 0.15) is 5.82 Å². The number of aromatic nitrogens is 3. The van der Waals surface area contributed by atoms with E-state index in [-0.39, 0.29) is 18.9 Å². The van der Waals surface area contributed by atoms with Gasteiger partial charge in [0.05, 0.1) is 21.3 Å². The standard InChI is InChI=1S/C28H25Cl2F3N4OS/c29-23-13-12-22(17-24(23)30)37-25(16-19-7-2-1-3-8-19)35-36-27(37)39-14-5-4-11-26(38)34-18-20-9-6-10-21(15-20)28(31,32)33/h1-3,6-10,12-13,15,17H,4-5,11,14,16,18H2,(H,34,38). The third-order valence-electron chi connectivity index (χ3n) is 5.84. The second-order valence-corrected chi connectivity index (χ2v) is 10.7. The van der Waals surface area contributed by atoms with Crippen LogP contribution in [0.15, 0.2) is 78.0 Å². The van der Waals surface area contributed by atoms with E-state index in [0.717, 1.165) is 35.6 Å². The van der Waals surface area contributed by atoms with Crippen molar-refractivity contribution in [1.29, 1.82) is 0 Å². The molecule has 0 spiro atoms. The molecule has 4 rings (SSSR count). The van der Waals surface area contributed by atoms with Crippen LogP contribution in [0.25, 0.3) is 5.69 Å². The van der Waals surface area contributed by atoms with Gasteiger partial charge in [-0.1, -0.05) is 77.4 Å². The predicted molar refractivity (Wildman–Crippen MR) is 148 cm³/mol. The summed E-state index contributed by atoms with van der Waals surface area (Å²) >= 11 is 13.9. The zero-order valence-electron chi connectivity index (χ0n) is 20.7. The van der Waals surface area contributed by atoms with E-state index in [2.05, 4.69) is 15.5 Å². The van der Waals surface area contributed by atoms with Gasteiger partial charge in [-0.2, -0.15) is 13.2 Å². The van der Waals surface area contributed by atoms with Crippen LogP contribution < -0.4 is 5.32 Å². The van der Waals surface area contributed by atoms with Crippen molar-refractivity contribution in [2.75, 3.05) is 5.75 Å². The number of carbonyl (C=O) groups excluding carboxylic acids is 1. The van der Waals surface area contributed by atoms with Crippen molar-refractivity contribution in [3.63, 3.8) is 0 Å². The zero-order valence-corrected chi connectivity index (χ0v) is 23.0. The number of halogens is 5. The number of thioether (sulfide) groups is 1. The predicted octanol–water partition coefficient (Wildman–Crippen LogP) is 7.76. The summed E-state index contributed by atoms with van der Waals surface area (Å²) in [6.45, 7) is 0.0501. The minimum atomic E-state index is -4.41. The lowest BCUT2D eigenvalue weighted by Gasteiger charge is -2.11. The van der Waals surface area contributed by atoms with Gasteiger partial charge >= 0.3 is 6.18 Å². The molecule has 1 N–H and O–H groups in total. The molecular weight excluding hydrogens is 568 g/mol. The number of hydrogen-bond acceptors (Lipinski definition) is 4. The minimum Gasteiger partial charge on any atom is -0.352 e. The van der Waals surface area contributed by atoms with Crippen molar-refractivity contribution in [1.82, 2.24) is 20.1 Å². The topological polar surface area (TPSA) is 59.8 Å². The summed E-state index contributed by atoms with van der Waals surface area (Å²) < 4.78 is 40.6. The summed E-state index contributed by atoms with van der Waals surface area (Å²) in [5, 5.41) is 13.1. The average Bonchev–Trinajstić information content (AvgIpc) is 3.31. The molecule has 39 heavy (non-hydrogen) atoms. The lowest BCUT2D eigenvalue weighted by molar-refractivity contribution is -0.137. The van der Waals surface area contributed by atoms with Crippen LogP contribution in [0.3, 0.4) is 0 Å². The summed E-state index contributed by atoms with van der Waals surface area (Å²) in [7, 11) is 0. The Labute approximate surface area is 238 Å². The number of rotatable bonds is 11. The van der Waals surface area contributed by atoms with Crippen molar-refractivity contribution >= 4 is 40.9 Å². The van der Waals surface area contributed by atoms with Gasteiger partial charge < -0.3 is 5.32 Å². The summed E-state index contributed by atoms with van der Waals surface area (Å²) in [4.78, 5) is 12.2. The molecule has 0 unspecified atom stereocenters. The van der Waals surface area contributed by atoms with Gasteiger partial charge in [-0.15, -0.1) is 10.2 Å². The van der Waals surface area contributed by atoms with Crippen LogP contribution in [0.4, 0.5) is 13.2 Å².